The second-order valence-electron chi connectivity index (χ2n) is 5.39. The molecule has 130 valence electrons. The largest absolute Gasteiger partial charge is 0.482 e. The predicted octanol–water partition coefficient (Wildman–Crippen LogP) is 0.722. The fraction of sp³-hybridized carbons (Fsp3) is 0.250. The average molecular weight is 344 g/mol. The number of aromatic nitrogens is 2. The molecule has 1 aliphatic heterocycles. The molecule has 0 unspecified atom stereocenters. The number of carboxylic acid groups (broad SMARTS) is 1. The first-order valence-electron chi connectivity index (χ1n) is 7.60. The van der Waals surface area contributed by atoms with Gasteiger partial charge in [0.05, 0.1) is 5.69 Å². The van der Waals surface area contributed by atoms with Gasteiger partial charge in [0.25, 0.3) is 5.91 Å². The predicted molar refractivity (Wildman–Crippen MR) is 87.4 cm³/mol. The highest BCUT2D eigenvalue weighted by Gasteiger charge is 2.25. The maximum atomic E-state index is 12.1. The lowest BCUT2D eigenvalue weighted by atomic mass is 10.2. The molecule has 0 fully saturated rings. The minimum absolute atomic E-state index is 0.0573. The van der Waals surface area contributed by atoms with Crippen molar-refractivity contribution in [2.45, 2.75) is 13.0 Å². The molecule has 0 radical (unpaired) electrons. The normalized spacial score (nSPS) is 13.1. The molecule has 3 rings (SSSR count). The highest BCUT2D eigenvalue weighted by atomic mass is 16.5. The molecule has 1 aromatic carbocycles. The molecule has 2 N–H and O–H groups in total. The van der Waals surface area contributed by atoms with Crippen molar-refractivity contribution in [3.63, 3.8) is 0 Å². The minimum Gasteiger partial charge on any atom is -0.482 e. The first-order valence-corrected chi connectivity index (χ1v) is 7.60. The van der Waals surface area contributed by atoms with Crippen molar-refractivity contribution in [2.24, 2.45) is 0 Å². The molecule has 2 aromatic rings. The Bertz CT molecular complexity index is 816. The topological polar surface area (TPSA) is 114 Å². The molecule has 25 heavy (non-hydrogen) atoms. The zero-order chi connectivity index (χ0) is 17.8. The third-order valence-corrected chi connectivity index (χ3v) is 3.58. The van der Waals surface area contributed by atoms with Crippen molar-refractivity contribution < 1.29 is 24.2 Å². The Hall–Kier alpha value is -3.36. The van der Waals surface area contributed by atoms with Crippen molar-refractivity contribution in [3.05, 3.63) is 36.5 Å². The van der Waals surface area contributed by atoms with E-state index in [4.69, 9.17) is 9.84 Å². The van der Waals surface area contributed by atoms with Crippen molar-refractivity contribution in [1.29, 1.82) is 0 Å². The van der Waals surface area contributed by atoms with Gasteiger partial charge in [-0.2, -0.15) is 5.10 Å². The van der Waals surface area contributed by atoms with Crippen molar-refractivity contribution in [3.8, 4) is 5.75 Å². The number of anilines is 2. The van der Waals surface area contributed by atoms with Crippen molar-refractivity contribution >= 4 is 29.3 Å². The molecule has 9 heteroatoms. The van der Waals surface area contributed by atoms with Crippen LogP contribution in [-0.2, 0) is 20.9 Å². The average Bonchev–Trinajstić information content (AvgIpc) is 3.00. The maximum Gasteiger partial charge on any atom is 0.325 e. The third kappa shape index (κ3) is 3.94. The van der Waals surface area contributed by atoms with E-state index in [-0.39, 0.29) is 43.7 Å². The Morgan fingerprint density at radius 1 is 1.28 bits per heavy atom. The number of amides is 2. The lowest BCUT2D eigenvalue weighted by Crippen LogP contribution is -2.40. The lowest BCUT2D eigenvalue weighted by Gasteiger charge is -2.29. The van der Waals surface area contributed by atoms with E-state index in [1.54, 1.807) is 18.2 Å². The van der Waals surface area contributed by atoms with Crippen LogP contribution in [0.2, 0.25) is 0 Å². The number of hydrogen-bond donors (Lipinski definition) is 2. The Kier molecular flexibility index (Phi) is 4.64. The van der Waals surface area contributed by atoms with E-state index in [1.165, 1.54) is 21.8 Å². The second kappa shape index (κ2) is 7.04. The van der Waals surface area contributed by atoms with Gasteiger partial charge in [-0.05, 0) is 12.1 Å². The van der Waals surface area contributed by atoms with E-state index in [2.05, 4.69) is 10.4 Å². The van der Waals surface area contributed by atoms with Gasteiger partial charge in [-0.1, -0.05) is 12.1 Å². The number of nitrogens with one attached hydrogen (secondary N) is 1. The first kappa shape index (κ1) is 16.5. The molecule has 0 saturated heterocycles. The van der Waals surface area contributed by atoms with Crippen LogP contribution in [0.1, 0.15) is 6.42 Å². The molecular weight excluding hydrogens is 328 g/mol. The van der Waals surface area contributed by atoms with Crippen LogP contribution in [0.4, 0.5) is 11.5 Å². The zero-order valence-corrected chi connectivity index (χ0v) is 13.2. The first-order chi connectivity index (χ1) is 12.0. The molecule has 1 aliphatic rings. The number of carboxylic acids is 1. The Labute approximate surface area is 142 Å². The smallest absolute Gasteiger partial charge is 0.325 e. The number of rotatable bonds is 6. The summed E-state index contributed by atoms with van der Waals surface area (Å²) >= 11 is 0. The summed E-state index contributed by atoms with van der Waals surface area (Å²) in [5.74, 6) is -0.685. The summed E-state index contributed by atoms with van der Waals surface area (Å²) in [5.41, 5.74) is 0.636. The third-order valence-electron chi connectivity index (χ3n) is 3.58. The van der Waals surface area contributed by atoms with E-state index in [0.29, 0.717) is 11.4 Å². The van der Waals surface area contributed by atoms with Crippen LogP contribution in [-0.4, -0.2) is 45.8 Å². The number of ether oxygens (including phenoxy) is 1. The molecule has 9 nitrogen and oxygen atoms in total. The van der Waals surface area contributed by atoms with Crippen LogP contribution in [0, 0.1) is 0 Å². The van der Waals surface area contributed by atoms with E-state index in [0.717, 1.165) is 0 Å². The Morgan fingerprint density at radius 3 is 2.88 bits per heavy atom. The molecule has 0 aliphatic carbocycles. The number of hydrogen-bond acceptors (Lipinski definition) is 5. The quantitative estimate of drug-likeness (QED) is 0.798. The Morgan fingerprint density at radius 2 is 2.08 bits per heavy atom. The van der Waals surface area contributed by atoms with Gasteiger partial charge >= 0.3 is 5.97 Å². The van der Waals surface area contributed by atoms with Crippen LogP contribution in [0.15, 0.2) is 36.5 Å². The summed E-state index contributed by atoms with van der Waals surface area (Å²) in [6.45, 7) is -0.131. The summed E-state index contributed by atoms with van der Waals surface area (Å²) < 4.78 is 6.56. The van der Waals surface area contributed by atoms with Gasteiger partial charge in [-0.3, -0.25) is 19.1 Å². The molecule has 1 aromatic heterocycles. The van der Waals surface area contributed by atoms with E-state index < -0.39 is 5.97 Å². The fourth-order valence-electron chi connectivity index (χ4n) is 2.47. The van der Waals surface area contributed by atoms with Gasteiger partial charge in [-0.15, -0.1) is 0 Å². The SMILES string of the molecule is O=C(O)Cn1ccc(NC(=O)CCN2C(=O)COc3ccccc32)n1. The highest BCUT2D eigenvalue weighted by molar-refractivity contribution is 5.99. The van der Waals surface area contributed by atoms with Gasteiger partial charge in [0.2, 0.25) is 5.91 Å². The van der Waals surface area contributed by atoms with E-state index in [1.807, 2.05) is 6.07 Å². The van der Waals surface area contributed by atoms with Gasteiger partial charge in [0.1, 0.15) is 12.3 Å². The molecular formula is C16H16N4O5. The highest BCUT2D eigenvalue weighted by Crippen LogP contribution is 2.31. The van der Waals surface area contributed by atoms with Gasteiger partial charge in [-0.25, -0.2) is 0 Å². The van der Waals surface area contributed by atoms with Crippen LogP contribution in [0.3, 0.4) is 0 Å². The van der Waals surface area contributed by atoms with Crippen LogP contribution in [0.25, 0.3) is 0 Å². The summed E-state index contributed by atoms with van der Waals surface area (Å²) in [5, 5.41) is 15.2. The Balaban J connectivity index is 1.58. The number of aliphatic carboxylic acids is 1. The molecule has 2 amide bonds. The summed E-state index contributed by atoms with van der Waals surface area (Å²) in [6.07, 6.45) is 1.54. The monoisotopic (exact) mass is 344 g/mol. The van der Waals surface area contributed by atoms with E-state index >= 15 is 0 Å². The number of carbonyl (C=O) groups is 3. The van der Waals surface area contributed by atoms with Crippen LogP contribution < -0.4 is 15.0 Å². The summed E-state index contributed by atoms with van der Waals surface area (Å²) in [6, 6.07) is 8.65. The molecule has 0 bridgehead atoms. The van der Waals surface area contributed by atoms with Crippen molar-refractivity contribution in [1.82, 2.24) is 9.78 Å². The van der Waals surface area contributed by atoms with Gasteiger partial charge in [0.15, 0.2) is 12.4 Å². The molecule has 0 atom stereocenters. The van der Waals surface area contributed by atoms with Gasteiger partial charge < -0.3 is 20.1 Å². The lowest BCUT2D eigenvalue weighted by molar-refractivity contribution is -0.137. The number of carbonyl (C=O) groups excluding carboxylic acids is 2. The van der Waals surface area contributed by atoms with Crippen LogP contribution >= 0.6 is 0 Å². The summed E-state index contributed by atoms with van der Waals surface area (Å²) in [7, 11) is 0. The van der Waals surface area contributed by atoms with Gasteiger partial charge in [0, 0.05) is 25.2 Å². The zero-order valence-electron chi connectivity index (χ0n) is 13.2. The second-order valence-corrected chi connectivity index (χ2v) is 5.39. The van der Waals surface area contributed by atoms with E-state index in [9.17, 15) is 14.4 Å². The minimum atomic E-state index is -1.02. The number of fused-ring (bicyclic) bond motifs is 1. The number of nitrogens with zero attached hydrogens (tertiary/aromatic N) is 3. The summed E-state index contributed by atoms with van der Waals surface area (Å²) in [4.78, 5) is 36.2. The molecule has 0 spiro atoms. The standard InChI is InChI=1S/C16H16N4O5/c21-14(17-13-5-7-19(18-13)9-16(23)24)6-8-20-11-3-1-2-4-12(11)25-10-15(20)22/h1-5,7H,6,8-10H2,(H,23,24)(H,17,18,21). The number of para-hydroxylation sites is 2. The maximum absolute atomic E-state index is 12.1. The fourth-order valence-corrected chi connectivity index (χ4v) is 2.47. The molecule has 2 heterocycles. The van der Waals surface area contributed by atoms with Crippen molar-refractivity contribution in [2.75, 3.05) is 23.4 Å². The number of benzene rings is 1. The van der Waals surface area contributed by atoms with Crippen LogP contribution in [0.5, 0.6) is 5.75 Å². The molecule has 0 saturated carbocycles.